The van der Waals surface area contributed by atoms with Gasteiger partial charge in [-0.2, -0.15) is 0 Å². The maximum atomic E-state index is 2.45. The Kier molecular flexibility index (Phi) is 8.10. The van der Waals surface area contributed by atoms with Crippen molar-refractivity contribution in [2.75, 3.05) is 0 Å². The number of unbranched alkanes of at least 4 members (excludes halogenated alkanes) is 8. The molecule has 2 atom stereocenters. The lowest BCUT2D eigenvalue weighted by Gasteiger charge is -2.09. The maximum absolute atomic E-state index is 2.45. The van der Waals surface area contributed by atoms with E-state index in [0.29, 0.717) is 0 Å². The zero-order valence-corrected chi connectivity index (χ0v) is 15.5. The molecule has 2 rings (SSSR count). The standard InChI is InChI=1S/C21H33P/c1-3-4-5-6-7-8-9-10-11-14-18(2)21-17-19-15-12-13-16-20(19)22-21/h12-13,15-18,22H,3-11,14H2,1-2H3. The minimum absolute atomic E-state index is 0.773. The van der Waals surface area contributed by atoms with Gasteiger partial charge in [0.05, 0.1) is 0 Å². The molecule has 0 saturated carbocycles. The second-order valence-corrected chi connectivity index (χ2v) is 8.20. The number of rotatable bonds is 11. The van der Waals surface area contributed by atoms with Gasteiger partial charge in [-0.3, -0.25) is 0 Å². The maximum Gasteiger partial charge on any atom is -0.00155 e. The molecule has 122 valence electrons. The van der Waals surface area contributed by atoms with Gasteiger partial charge in [0, 0.05) is 0 Å². The molecule has 0 spiro atoms. The third-order valence-corrected chi connectivity index (χ3v) is 6.47. The number of hydrogen-bond acceptors (Lipinski definition) is 0. The van der Waals surface area contributed by atoms with Gasteiger partial charge in [-0.05, 0) is 34.2 Å². The number of benzene rings is 1. The quantitative estimate of drug-likeness (QED) is 0.370. The summed E-state index contributed by atoms with van der Waals surface area (Å²) in [5.74, 6) is 0.773. The van der Waals surface area contributed by atoms with Crippen molar-refractivity contribution in [3.05, 3.63) is 35.6 Å². The van der Waals surface area contributed by atoms with Gasteiger partial charge in [-0.15, -0.1) is 8.19 Å². The lowest BCUT2D eigenvalue weighted by Crippen LogP contribution is -1.90. The molecule has 0 aliphatic rings. The van der Waals surface area contributed by atoms with E-state index in [9.17, 15) is 0 Å². The molecule has 0 saturated heterocycles. The Labute approximate surface area is 138 Å². The Morgan fingerprint density at radius 2 is 1.50 bits per heavy atom. The molecule has 0 bridgehead atoms. The van der Waals surface area contributed by atoms with Crippen LogP contribution in [0.3, 0.4) is 0 Å². The van der Waals surface area contributed by atoms with E-state index in [-0.39, 0.29) is 0 Å². The normalized spacial score (nSPS) is 13.2. The van der Waals surface area contributed by atoms with Crippen LogP contribution >= 0.6 is 8.19 Å². The van der Waals surface area contributed by atoms with E-state index in [1.54, 1.807) is 10.4 Å². The highest BCUT2D eigenvalue weighted by Crippen LogP contribution is 2.36. The van der Waals surface area contributed by atoms with Crippen LogP contribution in [-0.4, -0.2) is 0 Å². The highest BCUT2D eigenvalue weighted by Gasteiger charge is 2.08. The zero-order valence-electron chi connectivity index (χ0n) is 14.5. The van der Waals surface area contributed by atoms with Gasteiger partial charge in [0.15, 0.2) is 0 Å². The first-order valence-corrected chi connectivity index (χ1v) is 10.4. The molecule has 1 heteroatoms. The van der Waals surface area contributed by atoms with Gasteiger partial charge in [-0.1, -0.05) is 95.9 Å². The van der Waals surface area contributed by atoms with E-state index < -0.39 is 0 Å². The smallest absolute Gasteiger partial charge is 0.00155 e. The van der Waals surface area contributed by atoms with Crippen molar-refractivity contribution in [1.29, 1.82) is 0 Å². The van der Waals surface area contributed by atoms with E-state index in [0.717, 1.165) is 14.1 Å². The van der Waals surface area contributed by atoms with E-state index in [1.807, 2.05) is 0 Å². The van der Waals surface area contributed by atoms with Crippen LogP contribution < -0.4 is 0 Å². The Morgan fingerprint density at radius 3 is 2.18 bits per heavy atom. The first kappa shape index (κ1) is 17.6. The van der Waals surface area contributed by atoms with Crippen molar-refractivity contribution in [2.45, 2.75) is 84.0 Å². The van der Waals surface area contributed by atoms with E-state index in [2.05, 4.69) is 44.2 Å². The lowest BCUT2D eigenvalue weighted by molar-refractivity contribution is 0.540. The Hall–Kier alpha value is -0.740. The zero-order chi connectivity index (χ0) is 15.6. The fraction of sp³-hybridized carbons (Fsp3) is 0.619. The summed E-state index contributed by atoms with van der Waals surface area (Å²) in [4.78, 5) is 0. The van der Waals surface area contributed by atoms with Crippen molar-refractivity contribution in [3.63, 3.8) is 0 Å². The van der Waals surface area contributed by atoms with Crippen LogP contribution in [0.25, 0.3) is 10.5 Å². The van der Waals surface area contributed by atoms with E-state index in [4.69, 9.17) is 0 Å². The van der Waals surface area contributed by atoms with Crippen molar-refractivity contribution >= 4 is 18.7 Å². The van der Waals surface area contributed by atoms with Crippen LogP contribution in [0.4, 0.5) is 0 Å². The average Bonchev–Trinajstić information content (AvgIpc) is 2.97. The molecule has 0 aliphatic heterocycles. The van der Waals surface area contributed by atoms with Crippen molar-refractivity contribution < 1.29 is 0 Å². The summed E-state index contributed by atoms with van der Waals surface area (Å²) in [5, 5.41) is 4.70. The third kappa shape index (κ3) is 5.81. The fourth-order valence-corrected chi connectivity index (χ4v) is 4.69. The lowest BCUT2D eigenvalue weighted by atomic mass is 10.00. The fourth-order valence-electron chi connectivity index (χ4n) is 3.28. The molecule has 0 aliphatic carbocycles. The molecule has 0 fully saturated rings. The number of fused-ring (bicyclic) bond motifs is 1. The summed E-state index contributed by atoms with van der Waals surface area (Å²) in [7, 11) is 0.924. The third-order valence-electron chi connectivity index (χ3n) is 4.82. The largest absolute Gasteiger partial charge is 0.128 e. The van der Waals surface area contributed by atoms with Gasteiger partial charge < -0.3 is 0 Å². The first-order valence-electron chi connectivity index (χ1n) is 9.39. The second-order valence-electron chi connectivity index (χ2n) is 6.83. The van der Waals surface area contributed by atoms with Crippen LogP contribution in [0.2, 0.25) is 0 Å². The molecule has 1 aromatic heterocycles. The van der Waals surface area contributed by atoms with E-state index >= 15 is 0 Å². The topological polar surface area (TPSA) is 0 Å². The van der Waals surface area contributed by atoms with Gasteiger partial charge in [-0.25, -0.2) is 0 Å². The van der Waals surface area contributed by atoms with Gasteiger partial charge in [0.2, 0.25) is 0 Å². The molecular weight excluding hydrogens is 283 g/mol. The van der Waals surface area contributed by atoms with Crippen LogP contribution in [0.15, 0.2) is 30.3 Å². The first-order chi connectivity index (χ1) is 10.8. The van der Waals surface area contributed by atoms with Crippen molar-refractivity contribution in [2.24, 2.45) is 0 Å². The van der Waals surface area contributed by atoms with Gasteiger partial charge in [0.1, 0.15) is 0 Å². The summed E-state index contributed by atoms with van der Waals surface area (Å²) in [6.07, 6.45) is 14.3. The molecule has 2 unspecified atom stereocenters. The van der Waals surface area contributed by atoms with Crippen LogP contribution in [-0.2, 0) is 0 Å². The summed E-state index contributed by atoms with van der Waals surface area (Å²) >= 11 is 0. The summed E-state index contributed by atoms with van der Waals surface area (Å²) in [6, 6.07) is 11.3. The molecule has 0 nitrogen and oxygen atoms in total. The molecule has 22 heavy (non-hydrogen) atoms. The Bertz CT molecular complexity index is 492. The van der Waals surface area contributed by atoms with Crippen LogP contribution in [0, 0.1) is 0 Å². The minimum Gasteiger partial charge on any atom is -0.128 e. The summed E-state index contributed by atoms with van der Waals surface area (Å²) in [5.41, 5.74) is 0. The van der Waals surface area contributed by atoms with Crippen molar-refractivity contribution in [1.82, 2.24) is 0 Å². The van der Waals surface area contributed by atoms with Gasteiger partial charge in [0.25, 0.3) is 0 Å². The molecule has 0 N–H and O–H groups in total. The van der Waals surface area contributed by atoms with E-state index in [1.165, 1.54) is 69.6 Å². The SMILES string of the molecule is CCCCCCCCCCCC(C)c1cc2ccccc2[pH]1. The molecule has 0 amide bonds. The highest BCUT2D eigenvalue weighted by atomic mass is 31.0. The second kappa shape index (κ2) is 10.1. The molecular formula is C21H33P. The molecule has 2 aromatic rings. The highest BCUT2D eigenvalue weighted by molar-refractivity contribution is 7.38. The number of hydrogen-bond donors (Lipinski definition) is 0. The Balaban J connectivity index is 1.58. The average molecular weight is 316 g/mol. The Morgan fingerprint density at radius 1 is 0.864 bits per heavy atom. The molecule has 1 heterocycles. The summed E-state index contributed by atoms with van der Waals surface area (Å²) in [6.45, 7) is 4.72. The minimum atomic E-state index is 0.773. The van der Waals surface area contributed by atoms with Gasteiger partial charge >= 0.3 is 0 Å². The predicted octanol–water partition coefficient (Wildman–Crippen LogP) is 7.90. The van der Waals surface area contributed by atoms with Crippen LogP contribution in [0.5, 0.6) is 0 Å². The predicted molar refractivity (Wildman–Crippen MR) is 104 cm³/mol. The molecule has 0 radical (unpaired) electrons. The monoisotopic (exact) mass is 316 g/mol. The van der Waals surface area contributed by atoms with Crippen LogP contribution in [0.1, 0.15) is 89.3 Å². The molecule has 1 aromatic carbocycles. The summed E-state index contributed by atoms with van der Waals surface area (Å²) < 4.78 is 0. The van der Waals surface area contributed by atoms with Crippen molar-refractivity contribution in [3.8, 4) is 0 Å².